The average molecular weight is 580 g/mol. The van der Waals surface area contributed by atoms with Gasteiger partial charge in [0.05, 0.1) is 10.6 Å². The molecule has 0 saturated heterocycles. The maximum absolute atomic E-state index is 14.1. The number of benzene rings is 3. The largest absolute Gasteiger partial charge is 0.351 e. The monoisotopic (exact) mass is 579 g/mol. The van der Waals surface area contributed by atoms with Crippen molar-refractivity contribution in [3.63, 3.8) is 0 Å². The molecule has 0 fully saturated rings. The van der Waals surface area contributed by atoms with E-state index >= 15 is 0 Å². The Balaban J connectivity index is 1.96. The van der Waals surface area contributed by atoms with Crippen molar-refractivity contribution in [2.24, 2.45) is 0 Å². The van der Waals surface area contributed by atoms with E-state index in [1.807, 2.05) is 6.07 Å². The SMILES string of the molecule is CCC(CC)(N(c1ccc2cc(-c3ncccn3)ccc2c1)S(=O)(=O)c1cc(Cl)cc(Cl)c1)P(=O)(O)O. The van der Waals surface area contributed by atoms with Crippen LogP contribution in [0.15, 0.2) is 78.0 Å². The summed E-state index contributed by atoms with van der Waals surface area (Å²) in [6.07, 6.45) is 2.97. The molecule has 4 rings (SSSR count). The lowest BCUT2D eigenvalue weighted by Crippen LogP contribution is -2.51. The van der Waals surface area contributed by atoms with Crippen molar-refractivity contribution >= 4 is 57.3 Å². The molecule has 8 nitrogen and oxygen atoms in total. The van der Waals surface area contributed by atoms with E-state index in [2.05, 4.69) is 9.97 Å². The highest BCUT2D eigenvalue weighted by molar-refractivity contribution is 7.93. The summed E-state index contributed by atoms with van der Waals surface area (Å²) in [6, 6.07) is 15.8. The van der Waals surface area contributed by atoms with Gasteiger partial charge >= 0.3 is 7.60 Å². The highest BCUT2D eigenvalue weighted by atomic mass is 35.5. The average Bonchev–Trinajstić information content (AvgIpc) is 2.85. The summed E-state index contributed by atoms with van der Waals surface area (Å²) in [7, 11) is -9.54. The zero-order valence-electron chi connectivity index (χ0n) is 19.9. The molecule has 12 heteroatoms. The molecule has 0 aliphatic heterocycles. The molecule has 1 aromatic heterocycles. The van der Waals surface area contributed by atoms with E-state index in [4.69, 9.17) is 23.2 Å². The Kier molecular flexibility index (Phi) is 7.68. The van der Waals surface area contributed by atoms with Crippen molar-refractivity contribution in [2.45, 2.75) is 36.9 Å². The van der Waals surface area contributed by atoms with Crippen LogP contribution >= 0.6 is 30.8 Å². The third-order valence-corrected chi connectivity index (χ3v) is 10.7. The van der Waals surface area contributed by atoms with Gasteiger partial charge in [0.1, 0.15) is 0 Å². The molecular formula is C25H24Cl2N3O5PS. The minimum Gasteiger partial charge on any atom is -0.323 e. The predicted molar refractivity (Wildman–Crippen MR) is 146 cm³/mol. The quantitative estimate of drug-likeness (QED) is 0.229. The molecule has 0 spiro atoms. The van der Waals surface area contributed by atoms with Crippen LogP contribution in [-0.4, -0.2) is 33.5 Å². The molecule has 0 amide bonds. The molecule has 0 unspecified atom stereocenters. The second-order valence-electron chi connectivity index (χ2n) is 8.43. The first-order valence-electron chi connectivity index (χ1n) is 11.3. The van der Waals surface area contributed by atoms with E-state index in [1.165, 1.54) is 24.3 Å². The summed E-state index contributed by atoms with van der Waals surface area (Å²) in [6.45, 7) is 3.09. The van der Waals surface area contributed by atoms with Crippen LogP contribution in [0.5, 0.6) is 0 Å². The van der Waals surface area contributed by atoms with Crippen LogP contribution < -0.4 is 4.31 Å². The molecule has 194 valence electrons. The van der Waals surface area contributed by atoms with Crippen molar-refractivity contribution in [3.05, 3.63) is 83.1 Å². The number of fused-ring (bicyclic) bond motifs is 1. The first-order valence-corrected chi connectivity index (χ1v) is 15.1. The van der Waals surface area contributed by atoms with Crippen molar-refractivity contribution < 1.29 is 22.8 Å². The first kappa shape index (κ1) is 27.5. The number of hydrogen-bond acceptors (Lipinski definition) is 5. The van der Waals surface area contributed by atoms with Gasteiger partial charge in [-0.2, -0.15) is 0 Å². The van der Waals surface area contributed by atoms with Gasteiger partial charge < -0.3 is 9.79 Å². The van der Waals surface area contributed by atoms with Gasteiger partial charge in [0.2, 0.25) is 0 Å². The first-order chi connectivity index (χ1) is 17.4. The van der Waals surface area contributed by atoms with Crippen LogP contribution in [-0.2, 0) is 14.6 Å². The minimum atomic E-state index is -5.01. The van der Waals surface area contributed by atoms with E-state index in [0.29, 0.717) is 11.2 Å². The van der Waals surface area contributed by atoms with E-state index in [9.17, 15) is 22.8 Å². The number of sulfonamides is 1. The fraction of sp³-hybridized carbons (Fsp3) is 0.200. The number of anilines is 1. The van der Waals surface area contributed by atoms with Gasteiger partial charge in [-0.25, -0.2) is 22.7 Å². The number of hydrogen-bond donors (Lipinski definition) is 2. The Morgan fingerprint density at radius 3 is 2.03 bits per heavy atom. The molecule has 0 saturated carbocycles. The van der Waals surface area contributed by atoms with Gasteiger partial charge in [-0.3, -0.25) is 4.57 Å². The summed E-state index contributed by atoms with van der Waals surface area (Å²) in [5.41, 5.74) is 0.866. The van der Waals surface area contributed by atoms with Crippen molar-refractivity contribution in [2.75, 3.05) is 4.31 Å². The number of halogens is 2. The van der Waals surface area contributed by atoms with Gasteiger partial charge in [-0.05, 0) is 66.1 Å². The number of rotatable bonds is 8. The molecule has 0 bridgehead atoms. The topological polar surface area (TPSA) is 121 Å². The predicted octanol–water partition coefficient (Wildman–Crippen LogP) is 6.49. The summed E-state index contributed by atoms with van der Waals surface area (Å²) < 4.78 is 41.9. The summed E-state index contributed by atoms with van der Waals surface area (Å²) in [5.74, 6) is 0.535. The van der Waals surface area contributed by atoms with Crippen LogP contribution in [0.1, 0.15) is 26.7 Å². The fourth-order valence-corrected chi connectivity index (χ4v) is 8.73. The maximum Gasteiger partial charge on any atom is 0.351 e. The van der Waals surface area contributed by atoms with Crippen LogP contribution in [0.3, 0.4) is 0 Å². The number of aromatic nitrogens is 2. The Morgan fingerprint density at radius 1 is 0.892 bits per heavy atom. The normalized spacial score (nSPS) is 12.6. The van der Waals surface area contributed by atoms with Crippen LogP contribution in [0.4, 0.5) is 5.69 Å². The van der Waals surface area contributed by atoms with E-state index in [-0.39, 0.29) is 33.5 Å². The highest BCUT2D eigenvalue weighted by Crippen LogP contribution is 2.59. The Hall–Kier alpha value is -2.52. The standard InChI is InChI=1S/C25H24Cl2N3O5PS/c1-3-25(4-2,36(31,32)33)30(37(34,35)23-15-20(26)14-21(27)16-23)22-9-8-17-12-19(7-6-18(17)13-22)24-28-10-5-11-29-24/h5-16H,3-4H2,1-2H3,(H2,31,32,33). The third-order valence-electron chi connectivity index (χ3n) is 6.31. The lowest BCUT2D eigenvalue weighted by Gasteiger charge is -2.43. The van der Waals surface area contributed by atoms with Crippen LogP contribution in [0.25, 0.3) is 22.2 Å². The Bertz CT molecular complexity index is 1590. The smallest absolute Gasteiger partial charge is 0.323 e. The molecule has 1 heterocycles. The zero-order valence-corrected chi connectivity index (χ0v) is 23.1. The Morgan fingerprint density at radius 2 is 1.46 bits per heavy atom. The van der Waals surface area contributed by atoms with Crippen molar-refractivity contribution in [1.29, 1.82) is 0 Å². The Labute approximate surface area is 225 Å². The zero-order chi connectivity index (χ0) is 27.0. The molecule has 37 heavy (non-hydrogen) atoms. The van der Waals surface area contributed by atoms with E-state index < -0.39 is 22.9 Å². The van der Waals surface area contributed by atoms with Crippen LogP contribution in [0.2, 0.25) is 10.0 Å². The summed E-state index contributed by atoms with van der Waals surface area (Å²) in [5, 5.41) is -0.462. The van der Waals surface area contributed by atoms with Crippen molar-refractivity contribution in [1.82, 2.24) is 9.97 Å². The molecule has 0 aliphatic rings. The lowest BCUT2D eigenvalue weighted by molar-refractivity contribution is 0.317. The molecule has 4 aromatic rings. The second kappa shape index (κ2) is 10.3. The van der Waals surface area contributed by atoms with Gasteiger partial charge in [-0.15, -0.1) is 0 Å². The van der Waals surface area contributed by atoms with Gasteiger partial charge in [0.25, 0.3) is 10.0 Å². The molecule has 3 aromatic carbocycles. The maximum atomic E-state index is 14.1. The van der Waals surface area contributed by atoms with Gasteiger partial charge in [0, 0.05) is 28.0 Å². The number of nitrogens with zero attached hydrogens (tertiary/aromatic N) is 3. The summed E-state index contributed by atoms with van der Waals surface area (Å²) in [4.78, 5) is 29.2. The highest BCUT2D eigenvalue weighted by Gasteiger charge is 2.54. The van der Waals surface area contributed by atoms with Crippen LogP contribution in [0, 0.1) is 0 Å². The van der Waals surface area contributed by atoms with E-state index in [1.54, 1.807) is 56.6 Å². The third kappa shape index (κ3) is 5.12. The van der Waals surface area contributed by atoms with Gasteiger partial charge in [-0.1, -0.05) is 55.2 Å². The van der Waals surface area contributed by atoms with E-state index in [0.717, 1.165) is 15.3 Å². The van der Waals surface area contributed by atoms with Gasteiger partial charge in [0.15, 0.2) is 11.1 Å². The lowest BCUT2D eigenvalue weighted by atomic mass is 10.0. The fourth-order valence-electron chi connectivity index (χ4n) is 4.40. The molecule has 0 atom stereocenters. The minimum absolute atomic E-state index is 0.0787. The molecule has 2 N–H and O–H groups in total. The van der Waals surface area contributed by atoms with Crippen molar-refractivity contribution in [3.8, 4) is 11.4 Å². The summed E-state index contributed by atoms with van der Waals surface area (Å²) >= 11 is 12.2. The molecular weight excluding hydrogens is 556 g/mol. The molecule has 0 aliphatic carbocycles. The second-order valence-corrected chi connectivity index (χ2v) is 13.0. The molecule has 0 radical (unpaired) electrons.